The summed E-state index contributed by atoms with van der Waals surface area (Å²) in [5.41, 5.74) is 0.507. The number of carbonyl (C=O) groups excluding carboxylic acids is 1. The lowest BCUT2D eigenvalue weighted by Crippen LogP contribution is -2.20. The molecule has 2 aromatic carbocycles. The maximum absolute atomic E-state index is 12.6. The fraction of sp³-hybridized carbons (Fsp3) is 0.111. The highest BCUT2D eigenvalue weighted by molar-refractivity contribution is 5.94. The molecule has 126 valence electrons. The lowest BCUT2D eigenvalue weighted by molar-refractivity contribution is -0.384. The van der Waals surface area contributed by atoms with E-state index >= 15 is 0 Å². The number of carbonyl (C=O) groups is 1. The molecule has 7 heteroatoms. The molecule has 7 nitrogen and oxygen atoms in total. The van der Waals surface area contributed by atoms with E-state index in [0.29, 0.717) is 12.1 Å². The Morgan fingerprint density at radius 1 is 1.20 bits per heavy atom. The lowest BCUT2D eigenvalue weighted by Gasteiger charge is -2.13. The van der Waals surface area contributed by atoms with Crippen molar-refractivity contribution in [3.8, 4) is 0 Å². The van der Waals surface area contributed by atoms with E-state index in [1.165, 1.54) is 31.5 Å². The second kappa shape index (κ2) is 6.56. The maximum Gasteiger partial charge on any atom is 0.343 e. The number of rotatable bonds is 4. The van der Waals surface area contributed by atoms with Gasteiger partial charge in [-0.2, -0.15) is 0 Å². The number of nitro benzene ring substituents is 1. The number of esters is 1. The van der Waals surface area contributed by atoms with E-state index in [0.717, 1.165) is 5.56 Å². The van der Waals surface area contributed by atoms with Gasteiger partial charge in [0.15, 0.2) is 0 Å². The first-order valence-corrected chi connectivity index (χ1v) is 7.45. The van der Waals surface area contributed by atoms with E-state index < -0.39 is 16.3 Å². The first kappa shape index (κ1) is 16.4. The van der Waals surface area contributed by atoms with Crippen LogP contribution in [0.25, 0.3) is 10.9 Å². The van der Waals surface area contributed by atoms with Gasteiger partial charge in [-0.1, -0.05) is 30.3 Å². The molecule has 0 bridgehead atoms. The minimum absolute atomic E-state index is 0.105. The van der Waals surface area contributed by atoms with Crippen LogP contribution >= 0.6 is 0 Å². The number of pyridine rings is 1. The van der Waals surface area contributed by atoms with Crippen molar-refractivity contribution >= 4 is 22.6 Å². The number of ether oxygens (including phenoxy) is 1. The molecular formula is C18H14N2O5. The van der Waals surface area contributed by atoms with Crippen LogP contribution in [0.2, 0.25) is 0 Å². The molecule has 0 amide bonds. The molecule has 0 spiro atoms. The largest absolute Gasteiger partial charge is 0.465 e. The van der Waals surface area contributed by atoms with Gasteiger partial charge < -0.3 is 9.30 Å². The van der Waals surface area contributed by atoms with Gasteiger partial charge >= 0.3 is 5.97 Å². The van der Waals surface area contributed by atoms with Crippen LogP contribution in [0.4, 0.5) is 5.69 Å². The number of nitrogens with zero attached hydrogens (tertiary/aromatic N) is 2. The molecule has 1 heterocycles. The zero-order valence-electron chi connectivity index (χ0n) is 13.3. The van der Waals surface area contributed by atoms with Crippen LogP contribution in [0, 0.1) is 10.1 Å². The summed E-state index contributed by atoms with van der Waals surface area (Å²) in [6.07, 6.45) is 1.43. The molecule has 0 fully saturated rings. The minimum atomic E-state index is -0.778. The van der Waals surface area contributed by atoms with Gasteiger partial charge in [-0.3, -0.25) is 14.9 Å². The predicted octanol–water partition coefficient (Wildman–Crippen LogP) is 2.74. The molecule has 0 unspecified atom stereocenters. The minimum Gasteiger partial charge on any atom is -0.465 e. The van der Waals surface area contributed by atoms with Crippen molar-refractivity contribution in [1.29, 1.82) is 0 Å². The second-order valence-electron chi connectivity index (χ2n) is 5.44. The summed E-state index contributed by atoms with van der Waals surface area (Å²) < 4.78 is 6.37. The molecule has 1 aromatic heterocycles. The van der Waals surface area contributed by atoms with E-state index in [2.05, 4.69) is 4.74 Å². The number of benzene rings is 2. The van der Waals surface area contributed by atoms with Gasteiger partial charge in [0.25, 0.3) is 5.69 Å². The normalized spacial score (nSPS) is 10.6. The van der Waals surface area contributed by atoms with Crippen LogP contribution in [-0.2, 0) is 11.3 Å². The molecule has 0 saturated carbocycles. The summed E-state index contributed by atoms with van der Waals surface area (Å²) >= 11 is 0. The molecule has 0 N–H and O–H groups in total. The monoisotopic (exact) mass is 338 g/mol. The van der Waals surface area contributed by atoms with E-state index in [4.69, 9.17) is 0 Å². The lowest BCUT2D eigenvalue weighted by atomic mass is 10.1. The average Bonchev–Trinajstić information content (AvgIpc) is 2.63. The van der Waals surface area contributed by atoms with Crippen molar-refractivity contribution in [2.75, 3.05) is 7.11 Å². The number of hydrogen-bond acceptors (Lipinski definition) is 5. The van der Waals surface area contributed by atoms with Crippen LogP contribution in [0.1, 0.15) is 15.9 Å². The van der Waals surface area contributed by atoms with Gasteiger partial charge in [-0.05, 0) is 11.6 Å². The molecule has 0 saturated heterocycles. The Morgan fingerprint density at radius 3 is 2.56 bits per heavy atom. The Balaban J connectivity index is 2.27. The molecule has 3 aromatic rings. The van der Waals surface area contributed by atoms with E-state index in [9.17, 15) is 19.7 Å². The number of aromatic nitrogens is 1. The quantitative estimate of drug-likeness (QED) is 0.414. The van der Waals surface area contributed by atoms with Crippen LogP contribution < -0.4 is 5.43 Å². The number of fused-ring (bicyclic) bond motifs is 1. The van der Waals surface area contributed by atoms with Crippen molar-refractivity contribution < 1.29 is 14.5 Å². The highest BCUT2D eigenvalue weighted by Gasteiger charge is 2.18. The molecule has 0 atom stereocenters. The fourth-order valence-corrected chi connectivity index (χ4v) is 2.67. The second-order valence-corrected chi connectivity index (χ2v) is 5.44. The third-order valence-corrected chi connectivity index (χ3v) is 3.88. The van der Waals surface area contributed by atoms with Crippen molar-refractivity contribution in [2.24, 2.45) is 0 Å². The van der Waals surface area contributed by atoms with Crippen molar-refractivity contribution in [3.05, 3.63) is 86.2 Å². The Labute approximate surface area is 142 Å². The summed E-state index contributed by atoms with van der Waals surface area (Å²) in [5.74, 6) is -0.778. The van der Waals surface area contributed by atoms with Gasteiger partial charge in [0.05, 0.1) is 22.9 Å². The van der Waals surface area contributed by atoms with Crippen molar-refractivity contribution in [1.82, 2.24) is 4.57 Å². The molecule has 3 rings (SSSR count). The summed E-state index contributed by atoms with van der Waals surface area (Å²) in [7, 11) is 1.18. The summed E-state index contributed by atoms with van der Waals surface area (Å²) in [6, 6.07) is 13.5. The topological polar surface area (TPSA) is 91.4 Å². The van der Waals surface area contributed by atoms with Crippen LogP contribution in [0.5, 0.6) is 0 Å². The Morgan fingerprint density at radius 2 is 1.92 bits per heavy atom. The van der Waals surface area contributed by atoms with Crippen LogP contribution in [0.15, 0.2) is 59.5 Å². The zero-order chi connectivity index (χ0) is 18.0. The Bertz CT molecular complexity index is 1020. The van der Waals surface area contributed by atoms with Gasteiger partial charge in [-0.25, -0.2) is 4.79 Å². The number of nitro groups is 1. The third-order valence-electron chi connectivity index (χ3n) is 3.88. The molecule has 0 aliphatic heterocycles. The molecule has 0 aliphatic carbocycles. The van der Waals surface area contributed by atoms with E-state index in [1.807, 2.05) is 30.3 Å². The van der Waals surface area contributed by atoms with E-state index in [1.54, 1.807) is 4.57 Å². The number of methoxy groups -OCH3 is 1. The van der Waals surface area contributed by atoms with Crippen molar-refractivity contribution in [3.63, 3.8) is 0 Å². The van der Waals surface area contributed by atoms with Gasteiger partial charge in [0.1, 0.15) is 5.56 Å². The number of hydrogen-bond donors (Lipinski definition) is 0. The van der Waals surface area contributed by atoms with Gasteiger partial charge in [-0.15, -0.1) is 0 Å². The number of non-ortho nitro benzene ring substituents is 1. The van der Waals surface area contributed by atoms with Gasteiger partial charge in [0.2, 0.25) is 5.43 Å². The van der Waals surface area contributed by atoms with Crippen LogP contribution in [-0.4, -0.2) is 22.6 Å². The fourth-order valence-electron chi connectivity index (χ4n) is 2.67. The third kappa shape index (κ3) is 3.12. The van der Waals surface area contributed by atoms with E-state index in [-0.39, 0.29) is 16.6 Å². The summed E-state index contributed by atoms with van der Waals surface area (Å²) in [5, 5.41) is 11.1. The highest BCUT2D eigenvalue weighted by atomic mass is 16.6. The first-order chi connectivity index (χ1) is 12.0. The molecule has 0 aliphatic rings. The smallest absolute Gasteiger partial charge is 0.343 e. The molecular weight excluding hydrogens is 324 g/mol. The standard InChI is InChI=1S/C18H14N2O5/c1-25-18(22)15-11-19(10-12-5-3-2-4-6-12)16-8-7-13(20(23)24)9-14(16)17(15)21/h2-9,11H,10H2,1H3. The molecule has 0 radical (unpaired) electrons. The SMILES string of the molecule is COC(=O)c1cn(Cc2ccccc2)c2ccc([N+](=O)[O-])cc2c1=O. The zero-order valence-corrected chi connectivity index (χ0v) is 13.3. The Hall–Kier alpha value is -3.48. The first-order valence-electron chi connectivity index (χ1n) is 7.45. The summed E-state index contributed by atoms with van der Waals surface area (Å²) in [6.45, 7) is 0.402. The average molecular weight is 338 g/mol. The highest BCUT2D eigenvalue weighted by Crippen LogP contribution is 2.20. The molecule has 25 heavy (non-hydrogen) atoms. The van der Waals surface area contributed by atoms with Crippen molar-refractivity contribution in [2.45, 2.75) is 6.54 Å². The summed E-state index contributed by atoms with van der Waals surface area (Å²) in [4.78, 5) is 34.9. The van der Waals surface area contributed by atoms with Crippen LogP contribution in [0.3, 0.4) is 0 Å². The Kier molecular flexibility index (Phi) is 4.30. The maximum atomic E-state index is 12.6. The predicted molar refractivity (Wildman–Crippen MR) is 91.7 cm³/mol. The van der Waals surface area contributed by atoms with Gasteiger partial charge in [0, 0.05) is 24.9 Å².